The zero-order valence-electron chi connectivity index (χ0n) is 26.6. The molecule has 39 heavy (non-hydrogen) atoms. The Balaban J connectivity index is 3.47. The molecule has 2 nitrogen and oxygen atoms in total. The summed E-state index contributed by atoms with van der Waals surface area (Å²) in [7, 11) is 2.64. The van der Waals surface area contributed by atoms with E-state index in [-0.39, 0.29) is 17.2 Å². The quantitative estimate of drug-likeness (QED) is 0.0352. The van der Waals surface area contributed by atoms with Gasteiger partial charge in [0.25, 0.3) is 0 Å². The monoisotopic (exact) mass is 565 g/mol. The number of rotatable bonds is 32. The maximum atomic E-state index is 12.4. The molecule has 0 N–H and O–H groups in total. The van der Waals surface area contributed by atoms with Gasteiger partial charge in [-0.05, 0) is 38.5 Å². The Morgan fingerprint density at radius 1 is 0.487 bits per heavy atom. The lowest BCUT2D eigenvalue weighted by atomic mass is 10.0. The lowest BCUT2D eigenvalue weighted by Gasteiger charge is -2.09. The molecule has 0 aliphatic carbocycles. The van der Waals surface area contributed by atoms with Crippen LogP contribution in [0, 0.1) is 0 Å². The molecule has 0 saturated carbocycles. The molecule has 2 atom stereocenters. The van der Waals surface area contributed by atoms with Crippen LogP contribution < -0.4 is 0 Å². The Morgan fingerprint density at radius 3 is 1.23 bits per heavy atom. The van der Waals surface area contributed by atoms with Crippen LogP contribution in [0.1, 0.15) is 200 Å². The Labute approximate surface area is 247 Å². The molecule has 0 heterocycles. The molecular weight excluding hydrogens is 495 g/mol. The summed E-state index contributed by atoms with van der Waals surface area (Å²) in [4.78, 5) is 24.7. The van der Waals surface area contributed by atoms with Crippen molar-refractivity contribution < 1.29 is 9.59 Å². The van der Waals surface area contributed by atoms with Gasteiger partial charge in [-0.3, -0.25) is 9.59 Å². The van der Waals surface area contributed by atoms with Crippen LogP contribution >= 0.6 is 9.24 Å². The minimum atomic E-state index is -0.175. The van der Waals surface area contributed by atoms with Gasteiger partial charge in [-0.15, -0.1) is 9.24 Å². The van der Waals surface area contributed by atoms with Gasteiger partial charge in [0.05, 0.1) is 0 Å². The Morgan fingerprint density at radius 2 is 0.821 bits per heavy atom. The minimum Gasteiger partial charge on any atom is -0.291 e. The first-order chi connectivity index (χ1) is 19.1. The maximum absolute atomic E-state index is 12.4. The van der Waals surface area contributed by atoms with E-state index in [0.717, 1.165) is 32.1 Å². The molecule has 230 valence electrons. The number of hydrogen-bond acceptors (Lipinski definition) is 2. The van der Waals surface area contributed by atoms with Gasteiger partial charge in [-0.2, -0.15) is 0 Å². The molecule has 0 aromatic heterocycles. The number of ketones is 2. The van der Waals surface area contributed by atoms with Crippen LogP contribution in [0.4, 0.5) is 0 Å². The van der Waals surface area contributed by atoms with E-state index in [0.29, 0.717) is 6.42 Å². The number of unbranched alkanes of at least 4 members (excludes halogenated alkanes) is 24. The first-order valence-corrected chi connectivity index (χ1v) is 18.3. The van der Waals surface area contributed by atoms with Gasteiger partial charge in [0.2, 0.25) is 5.78 Å². The molecule has 0 radical (unpaired) electrons. The van der Waals surface area contributed by atoms with Gasteiger partial charge in [0.1, 0.15) is 0 Å². The summed E-state index contributed by atoms with van der Waals surface area (Å²) < 4.78 is 0. The summed E-state index contributed by atoms with van der Waals surface area (Å²) in [6, 6.07) is 0. The van der Waals surface area contributed by atoms with Crippen LogP contribution in [-0.4, -0.2) is 17.2 Å². The third-order valence-electron chi connectivity index (χ3n) is 8.15. The van der Waals surface area contributed by atoms with Gasteiger partial charge in [-0.25, -0.2) is 0 Å². The first kappa shape index (κ1) is 38.5. The van der Waals surface area contributed by atoms with Crippen molar-refractivity contribution >= 4 is 20.8 Å². The van der Waals surface area contributed by atoms with Crippen molar-refractivity contribution in [2.45, 2.75) is 206 Å². The van der Waals surface area contributed by atoms with Crippen LogP contribution in [-0.2, 0) is 9.59 Å². The summed E-state index contributed by atoms with van der Waals surface area (Å²) in [5.41, 5.74) is -0.175. The van der Waals surface area contributed by atoms with E-state index in [1.165, 1.54) is 148 Å². The van der Waals surface area contributed by atoms with Crippen LogP contribution in [0.15, 0.2) is 12.2 Å². The second-order valence-corrected chi connectivity index (χ2v) is 12.9. The second kappa shape index (κ2) is 32.0. The van der Waals surface area contributed by atoms with Gasteiger partial charge in [0, 0.05) is 12.1 Å². The molecular formula is C36H69O2P. The van der Waals surface area contributed by atoms with E-state index < -0.39 is 0 Å². The number of carbonyl (C=O) groups excluding carboxylic acids is 2. The molecule has 0 amide bonds. The molecule has 2 unspecified atom stereocenters. The van der Waals surface area contributed by atoms with E-state index in [9.17, 15) is 9.59 Å². The van der Waals surface area contributed by atoms with Crippen molar-refractivity contribution in [2.75, 3.05) is 0 Å². The third-order valence-corrected chi connectivity index (χ3v) is 8.78. The summed E-state index contributed by atoms with van der Waals surface area (Å²) in [6.45, 7) is 4.55. The Kier molecular flexibility index (Phi) is 31.6. The molecule has 0 aromatic carbocycles. The normalized spacial score (nSPS) is 12.4. The summed E-state index contributed by atoms with van der Waals surface area (Å²) >= 11 is 0. The average molecular weight is 565 g/mol. The molecule has 0 fully saturated rings. The van der Waals surface area contributed by atoms with Gasteiger partial charge in [0.15, 0.2) is 5.78 Å². The van der Waals surface area contributed by atoms with Crippen LogP contribution in [0.3, 0.4) is 0 Å². The van der Waals surface area contributed by atoms with E-state index in [4.69, 9.17) is 0 Å². The fourth-order valence-corrected chi connectivity index (χ4v) is 5.80. The highest BCUT2D eigenvalue weighted by molar-refractivity contribution is 7.20. The van der Waals surface area contributed by atoms with Crippen molar-refractivity contribution in [3.05, 3.63) is 12.2 Å². The fraction of sp³-hybridized carbons (Fsp3) is 0.889. The number of Topliss-reactive ketones (excluding diaryl/α,β-unsaturated/α-hetero) is 2. The average Bonchev–Trinajstić information content (AvgIpc) is 2.94. The topological polar surface area (TPSA) is 34.1 Å². The van der Waals surface area contributed by atoms with Crippen LogP contribution in [0.2, 0.25) is 0 Å². The molecule has 3 heteroatoms. The summed E-state index contributed by atoms with van der Waals surface area (Å²) in [6.07, 6.45) is 41.1. The Bertz CT molecular complexity index is 556. The predicted octanol–water partition coefficient (Wildman–Crippen LogP) is 12.3. The SMILES string of the molecule is CCCCCCCC/C=C\CCCCCCC(P)C(=O)C(=O)CCCCCCCCCCCCCCCCC. The molecule has 0 bridgehead atoms. The number of carbonyl (C=O) groups is 2. The molecule has 0 saturated heterocycles. The van der Waals surface area contributed by atoms with E-state index >= 15 is 0 Å². The largest absolute Gasteiger partial charge is 0.291 e. The van der Waals surface area contributed by atoms with Gasteiger partial charge >= 0.3 is 0 Å². The zero-order chi connectivity index (χ0) is 28.7. The lowest BCUT2D eigenvalue weighted by Crippen LogP contribution is -2.23. The first-order valence-electron chi connectivity index (χ1n) is 17.6. The summed E-state index contributed by atoms with van der Waals surface area (Å²) in [5, 5.41) is 0. The molecule has 0 spiro atoms. The summed E-state index contributed by atoms with van der Waals surface area (Å²) in [5.74, 6) is -0.289. The highest BCUT2D eigenvalue weighted by Crippen LogP contribution is 2.17. The highest BCUT2D eigenvalue weighted by Gasteiger charge is 2.20. The number of hydrogen-bond donors (Lipinski definition) is 0. The number of allylic oxidation sites excluding steroid dienone is 2. The van der Waals surface area contributed by atoms with Crippen molar-refractivity contribution in [1.82, 2.24) is 0 Å². The van der Waals surface area contributed by atoms with E-state index in [1.54, 1.807) is 0 Å². The van der Waals surface area contributed by atoms with Crippen LogP contribution in [0.25, 0.3) is 0 Å². The fourth-order valence-electron chi connectivity index (χ4n) is 5.38. The van der Waals surface area contributed by atoms with Crippen molar-refractivity contribution in [1.29, 1.82) is 0 Å². The minimum absolute atomic E-state index is 0.139. The van der Waals surface area contributed by atoms with E-state index in [2.05, 4.69) is 35.2 Å². The smallest absolute Gasteiger partial charge is 0.205 e. The van der Waals surface area contributed by atoms with Gasteiger partial charge in [-0.1, -0.05) is 167 Å². The highest BCUT2D eigenvalue weighted by atomic mass is 31.0. The van der Waals surface area contributed by atoms with Crippen molar-refractivity contribution in [3.8, 4) is 0 Å². The Hall–Kier alpha value is -0.490. The third kappa shape index (κ3) is 28.8. The predicted molar refractivity (Wildman–Crippen MR) is 178 cm³/mol. The van der Waals surface area contributed by atoms with Crippen molar-refractivity contribution in [2.24, 2.45) is 0 Å². The lowest BCUT2D eigenvalue weighted by molar-refractivity contribution is -0.136. The van der Waals surface area contributed by atoms with Crippen molar-refractivity contribution in [3.63, 3.8) is 0 Å². The van der Waals surface area contributed by atoms with Gasteiger partial charge < -0.3 is 0 Å². The molecule has 0 aliphatic rings. The maximum Gasteiger partial charge on any atom is 0.205 e. The molecule has 0 aliphatic heterocycles. The van der Waals surface area contributed by atoms with E-state index in [1.807, 2.05) is 0 Å². The molecule has 0 aromatic rings. The van der Waals surface area contributed by atoms with Crippen LogP contribution in [0.5, 0.6) is 0 Å². The zero-order valence-corrected chi connectivity index (χ0v) is 27.8. The standard InChI is InChI=1S/C36H69O2P/c1-3-5-7-9-11-13-15-17-19-20-22-24-26-28-30-32-34(37)36(38)35(39)33-31-29-27-25-23-21-18-16-14-12-10-8-6-4-2/h18,21,35H,3-17,19-20,22-33,39H2,1-2H3/b21-18-. The second-order valence-electron chi connectivity index (χ2n) is 12.1. The molecule has 0 rings (SSSR count).